The molecule has 0 bridgehead atoms. The van der Waals surface area contributed by atoms with Gasteiger partial charge in [0.2, 0.25) is 0 Å². The van der Waals surface area contributed by atoms with Crippen molar-refractivity contribution in [2.75, 3.05) is 18.0 Å². The number of fused-ring (bicyclic) bond motifs is 1. The van der Waals surface area contributed by atoms with Gasteiger partial charge < -0.3 is 15.7 Å². The Hall–Kier alpha value is -2.12. The third kappa shape index (κ3) is 3.37. The number of rotatable bonds is 3. The first kappa shape index (κ1) is 20.6. The molecule has 2 atom stereocenters. The van der Waals surface area contributed by atoms with Gasteiger partial charge in [-0.25, -0.2) is 9.18 Å². The van der Waals surface area contributed by atoms with Crippen molar-refractivity contribution < 1.29 is 14.3 Å². The van der Waals surface area contributed by atoms with Gasteiger partial charge in [-0.3, -0.25) is 9.20 Å². The number of anilines is 1. The summed E-state index contributed by atoms with van der Waals surface area (Å²) in [6.45, 7) is 5.18. The van der Waals surface area contributed by atoms with Crippen molar-refractivity contribution in [2.24, 2.45) is 11.7 Å². The summed E-state index contributed by atoms with van der Waals surface area (Å²) >= 11 is 0. The molecule has 2 aromatic heterocycles. The van der Waals surface area contributed by atoms with Crippen molar-refractivity contribution in [2.45, 2.75) is 45.1 Å². The highest BCUT2D eigenvalue weighted by atomic mass is 35.5. The fraction of sp³-hybridized carbons (Fsp3) is 0.500. The Labute approximate surface area is 168 Å². The standard InChI is InChI=1S/C20H24FN3O3.ClH/c1-10-5-13(22)8-23(7-10)18-11(2)17-14(12-3-4-12)6-15(20(26)27)19(25)24(17)9-16(18)21;/h6,9-10,12-13H,3-5,7-8,22H2,1-2H3,(H,26,27);1H/t10-,13-;/m0./s1. The van der Waals surface area contributed by atoms with Gasteiger partial charge in [0.05, 0.1) is 17.4 Å². The van der Waals surface area contributed by atoms with Gasteiger partial charge in [0.25, 0.3) is 5.56 Å². The number of piperidine rings is 1. The minimum atomic E-state index is -1.28. The summed E-state index contributed by atoms with van der Waals surface area (Å²) in [7, 11) is 0. The maximum absolute atomic E-state index is 15.1. The molecule has 0 radical (unpaired) electrons. The van der Waals surface area contributed by atoms with E-state index < -0.39 is 17.3 Å². The highest BCUT2D eigenvalue weighted by Crippen LogP contribution is 2.44. The lowest BCUT2D eigenvalue weighted by atomic mass is 9.95. The maximum atomic E-state index is 15.1. The number of aromatic nitrogens is 1. The number of halogens is 2. The van der Waals surface area contributed by atoms with E-state index in [1.807, 2.05) is 11.8 Å². The SMILES string of the molecule is Cc1c(N2C[C@@H](C)C[C@H](N)C2)c(F)cn2c(=O)c(C(=O)O)cc(C3CC3)c12.Cl. The van der Waals surface area contributed by atoms with Gasteiger partial charge in [-0.15, -0.1) is 12.4 Å². The van der Waals surface area contributed by atoms with Crippen LogP contribution in [0.4, 0.5) is 10.1 Å². The van der Waals surface area contributed by atoms with Crippen LogP contribution < -0.4 is 16.2 Å². The summed E-state index contributed by atoms with van der Waals surface area (Å²) in [6, 6.07) is 1.46. The molecule has 2 aliphatic rings. The highest BCUT2D eigenvalue weighted by molar-refractivity contribution is 5.89. The number of nitrogens with zero attached hydrogens (tertiary/aromatic N) is 2. The van der Waals surface area contributed by atoms with Crippen molar-refractivity contribution >= 4 is 29.6 Å². The molecular formula is C20H25ClFN3O3. The van der Waals surface area contributed by atoms with E-state index >= 15 is 4.39 Å². The van der Waals surface area contributed by atoms with Crippen molar-refractivity contribution in [3.8, 4) is 0 Å². The predicted octanol–water partition coefficient (Wildman–Crippen LogP) is 2.92. The van der Waals surface area contributed by atoms with Crippen molar-refractivity contribution in [3.05, 3.63) is 45.1 Å². The summed E-state index contributed by atoms with van der Waals surface area (Å²) in [5.74, 6) is -1.23. The molecule has 1 aliphatic heterocycles. The molecule has 3 N–H and O–H groups in total. The van der Waals surface area contributed by atoms with Crippen molar-refractivity contribution in [1.82, 2.24) is 4.40 Å². The zero-order valence-electron chi connectivity index (χ0n) is 15.9. The summed E-state index contributed by atoms with van der Waals surface area (Å²) in [4.78, 5) is 26.1. The Morgan fingerprint density at radius 3 is 2.57 bits per heavy atom. The van der Waals surface area contributed by atoms with Crippen LogP contribution >= 0.6 is 12.4 Å². The van der Waals surface area contributed by atoms with Crippen LogP contribution in [0.3, 0.4) is 0 Å². The largest absolute Gasteiger partial charge is 0.477 e. The second-order valence-corrected chi connectivity index (χ2v) is 8.07. The minimum absolute atomic E-state index is 0. The van der Waals surface area contributed by atoms with Crippen LogP contribution in [0.1, 0.15) is 53.6 Å². The Bertz CT molecular complexity index is 993. The van der Waals surface area contributed by atoms with Crippen LogP contribution in [0.15, 0.2) is 17.1 Å². The highest BCUT2D eigenvalue weighted by Gasteiger charge is 2.32. The van der Waals surface area contributed by atoms with E-state index in [0.717, 1.165) is 31.0 Å². The van der Waals surface area contributed by atoms with E-state index in [1.54, 1.807) is 0 Å². The van der Waals surface area contributed by atoms with Crippen LogP contribution in [0.5, 0.6) is 0 Å². The fourth-order valence-corrected chi connectivity index (χ4v) is 4.47. The van der Waals surface area contributed by atoms with E-state index in [4.69, 9.17) is 5.73 Å². The number of nitrogens with two attached hydrogens (primary N) is 1. The third-order valence-corrected chi connectivity index (χ3v) is 5.70. The lowest BCUT2D eigenvalue weighted by molar-refractivity contribution is 0.0694. The van der Waals surface area contributed by atoms with Crippen LogP contribution in [-0.4, -0.2) is 34.6 Å². The molecule has 3 heterocycles. The first-order valence-corrected chi connectivity index (χ1v) is 9.40. The number of carboxylic acids is 1. The van der Waals surface area contributed by atoms with Gasteiger partial charge >= 0.3 is 5.97 Å². The van der Waals surface area contributed by atoms with Crippen LogP contribution in [0.25, 0.3) is 5.52 Å². The lowest BCUT2D eigenvalue weighted by Gasteiger charge is -2.37. The Kier molecular flexibility index (Phi) is 5.42. The second-order valence-electron chi connectivity index (χ2n) is 8.07. The summed E-state index contributed by atoms with van der Waals surface area (Å²) < 4.78 is 16.3. The van der Waals surface area contributed by atoms with Crippen LogP contribution in [0.2, 0.25) is 0 Å². The molecule has 8 heteroatoms. The molecule has 0 aromatic carbocycles. The predicted molar refractivity (Wildman–Crippen MR) is 109 cm³/mol. The Morgan fingerprint density at radius 1 is 1.32 bits per heavy atom. The molecule has 6 nitrogen and oxygen atoms in total. The Balaban J connectivity index is 0.00000225. The number of pyridine rings is 2. The maximum Gasteiger partial charge on any atom is 0.341 e. The molecule has 1 saturated carbocycles. The topological polar surface area (TPSA) is 88.0 Å². The monoisotopic (exact) mass is 409 g/mol. The van der Waals surface area contributed by atoms with E-state index in [0.29, 0.717) is 35.8 Å². The van der Waals surface area contributed by atoms with E-state index in [9.17, 15) is 14.7 Å². The summed E-state index contributed by atoms with van der Waals surface area (Å²) in [5, 5.41) is 9.38. The fourth-order valence-electron chi connectivity index (χ4n) is 4.47. The number of carboxylic acid groups (broad SMARTS) is 1. The van der Waals surface area contributed by atoms with E-state index in [2.05, 4.69) is 6.92 Å². The van der Waals surface area contributed by atoms with E-state index in [-0.39, 0.29) is 29.9 Å². The van der Waals surface area contributed by atoms with Gasteiger partial charge in [-0.05, 0) is 55.2 Å². The first-order chi connectivity index (χ1) is 12.8. The minimum Gasteiger partial charge on any atom is -0.477 e. The number of aromatic carboxylic acids is 1. The summed E-state index contributed by atoms with van der Waals surface area (Å²) in [5.41, 5.74) is 7.74. The lowest BCUT2D eigenvalue weighted by Crippen LogP contribution is -2.47. The zero-order chi connectivity index (χ0) is 19.5. The molecule has 4 rings (SSSR count). The molecule has 2 aromatic rings. The Morgan fingerprint density at radius 2 is 2.00 bits per heavy atom. The molecule has 0 spiro atoms. The van der Waals surface area contributed by atoms with Gasteiger partial charge in [0.15, 0.2) is 5.82 Å². The van der Waals surface area contributed by atoms with Crippen molar-refractivity contribution in [3.63, 3.8) is 0 Å². The molecule has 1 aliphatic carbocycles. The number of hydrogen-bond donors (Lipinski definition) is 2. The number of carbonyl (C=O) groups is 1. The van der Waals surface area contributed by atoms with E-state index in [1.165, 1.54) is 10.5 Å². The third-order valence-electron chi connectivity index (χ3n) is 5.70. The average Bonchev–Trinajstić information content (AvgIpc) is 3.39. The van der Waals surface area contributed by atoms with Gasteiger partial charge in [-0.2, -0.15) is 0 Å². The van der Waals surface area contributed by atoms with Gasteiger partial charge in [0, 0.05) is 19.1 Å². The van der Waals surface area contributed by atoms with Crippen LogP contribution in [-0.2, 0) is 0 Å². The number of hydrogen-bond acceptors (Lipinski definition) is 4. The van der Waals surface area contributed by atoms with Crippen molar-refractivity contribution in [1.29, 1.82) is 0 Å². The number of aryl methyl sites for hydroxylation is 1. The quantitative estimate of drug-likeness (QED) is 0.813. The van der Waals surface area contributed by atoms with Gasteiger partial charge in [-0.1, -0.05) is 6.92 Å². The second kappa shape index (κ2) is 7.37. The van der Waals surface area contributed by atoms with Gasteiger partial charge in [0.1, 0.15) is 5.56 Å². The first-order valence-electron chi connectivity index (χ1n) is 9.40. The molecule has 0 unspecified atom stereocenters. The van der Waals surface area contributed by atoms with Crippen LogP contribution in [0, 0.1) is 18.7 Å². The molecule has 28 heavy (non-hydrogen) atoms. The molecular weight excluding hydrogens is 385 g/mol. The smallest absolute Gasteiger partial charge is 0.341 e. The molecule has 1 saturated heterocycles. The normalized spacial score (nSPS) is 22.2. The average molecular weight is 410 g/mol. The molecule has 152 valence electrons. The summed E-state index contributed by atoms with van der Waals surface area (Å²) in [6.07, 6.45) is 3.94. The molecule has 2 fully saturated rings. The zero-order valence-corrected chi connectivity index (χ0v) is 16.8. The molecule has 0 amide bonds.